The molecular formula is C16H15BrClN3O3. The van der Waals surface area contributed by atoms with Crippen molar-refractivity contribution in [3.05, 3.63) is 67.6 Å². The van der Waals surface area contributed by atoms with Crippen LogP contribution in [0, 0.1) is 10.1 Å². The number of nitro groups is 1. The summed E-state index contributed by atoms with van der Waals surface area (Å²) in [4.78, 5) is 24.1. The molecule has 24 heavy (non-hydrogen) atoms. The van der Waals surface area contributed by atoms with Crippen LogP contribution in [0.25, 0.3) is 0 Å². The summed E-state index contributed by atoms with van der Waals surface area (Å²) >= 11 is 9.44. The molecule has 0 bridgehead atoms. The SMILES string of the molecule is CN(CC(=O)Nc1ccc([N+](=O)[O-])cc1Cl)Cc1ccccc1Br. The molecule has 0 spiro atoms. The zero-order valence-corrected chi connectivity index (χ0v) is 15.2. The monoisotopic (exact) mass is 411 g/mol. The van der Waals surface area contributed by atoms with Gasteiger partial charge in [-0.2, -0.15) is 0 Å². The van der Waals surface area contributed by atoms with Gasteiger partial charge in [-0.1, -0.05) is 45.7 Å². The fraction of sp³-hybridized carbons (Fsp3) is 0.188. The number of anilines is 1. The lowest BCUT2D eigenvalue weighted by molar-refractivity contribution is -0.384. The van der Waals surface area contributed by atoms with Crippen LogP contribution in [0.3, 0.4) is 0 Å². The van der Waals surface area contributed by atoms with Gasteiger partial charge in [0.15, 0.2) is 0 Å². The molecule has 2 aromatic rings. The molecule has 0 unspecified atom stereocenters. The number of nitro benzene ring substituents is 1. The lowest BCUT2D eigenvalue weighted by atomic mass is 10.2. The summed E-state index contributed by atoms with van der Waals surface area (Å²) in [5.74, 6) is -0.250. The van der Waals surface area contributed by atoms with Crippen molar-refractivity contribution in [1.29, 1.82) is 0 Å². The molecule has 0 aliphatic carbocycles. The highest BCUT2D eigenvalue weighted by molar-refractivity contribution is 9.10. The zero-order valence-electron chi connectivity index (χ0n) is 12.8. The summed E-state index contributed by atoms with van der Waals surface area (Å²) in [6.07, 6.45) is 0. The summed E-state index contributed by atoms with van der Waals surface area (Å²) in [7, 11) is 1.83. The van der Waals surface area contributed by atoms with Gasteiger partial charge >= 0.3 is 0 Å². The summed E-state index contributed by atoms with van der Waals surface area (Å²) in [5, 5.41) is 13.5. The van der Waals surface area contributed by atoms with Crippen LogP contribution in [0.4, 0.5) is 11.4 Å². The van der Waals surface area contributed by atoms with E-state index in [1.807, 2.05) is 36.2 Å². The third kappa shape index (κ3) is 5.02. The van der Waals surface area contributed by atoms with Gasteiger partial charge in [-0.3, -0.25) is 19.8 Å². The van der Waals surface area contributed by atoms with E-state index in [2.05, 4.69) is 21.2 Å². The number of hydrogen-bond acceptors (Lipinski definition) is 4. The Kier molecular flexibility index (Phi) is 6.30. The highest BCUT2D eigenvalue weighted by Crippen LogP contribution is 2.26. The second-order valence-corrected chi connectivity index (χ2v) is 6.49. The quantitative estimate of drug-likeness (QED) is 0.573. The minimum atomic E-state index is -0.539. The van der Waals surface area contributed by atoms with Crippen molar-refractivity contribution in [2.24, 2.45) is 0 Å². The Balaban J connectivity index is 1.95. The Bertz CT molecular complexity index is 770. The van der Waals surface area contributed by atoms with E-state index in [1.165, 1.54) is 18.2 Å². The van der Waals surface area contributed by atoms with Gasteiger partial charge in [0.2, 0.25) is 5.91 Å². The number of nitrogens with zero attached hydrogens (tertiary/aromatic N) is 2. The molecule has 0 radical (unpaired) electrons. The van der Waals surface area contributed by atoms with Crippen LogP contribution in [0.2, 0.25) is 5.02 Å². The lowest BCUT2D eigenvalue weighted by Gasteiger charge is -2.17. The maximum absolute atomic E-state index is 12.1. The van der Waals surface area contributed by atoms with E-state index in [0.717, 1.165) is 10.0 Å². The van der Waals surface area contributed by atoms with E-state index in [1.54, 1.807) is 0 Å². The average Bonchev–Trinajstić information content (AvgIpc) is 2.51. The largest absolute Gasteiger partial charge is 0.324 e. The number of benzene rings is 2. The molecular weight excluding hydrogens is 398 g/mol. The number of halogens is 2. The molecule has 0 saturated carbocycles. The molecule has 0 saturated heterocycles. The normalized spacial score (nSPS) is 10.7. The van der Waals surface area contributed by atoms with Gasteiger partial charge in [0.25, 0.3) is 5.69 Å². The van der Waals surface area contributed by atoms with Crippen LogP contribution in [-0.4, -0.2) is 29.3 Å². The zero-order chi connectivity index (χ0) is 17.7. The highest BCUT2D eigenvalue weighted by atomic mass is 79.9. The van der Waals surface area contributed by atoms with Crippen molar-refractivity contribution in [3.8, 4) is 0 Å². The van der Waals surface area contributed by atoms with Crippen LogP contribution in [-0.2, 0) is 11.3 Å². The van der Waals surface area contributed by atoms with Gasteiger partial charge in [-0.25, -0.2) is 0 Å². The van der Waals surface area contributed by atoms with Crippen molar-refractivity contribution in [3.63, 3.8) is 0 Å². The average molecular weight is 413 g/mol. The number of amides is 1. The van der Waals surface area contributed by atoms with E-state index < -0.39 is 4.92 Å². The van der Waals surface area contributed by atoms with Crippen molar-refractivity contribution < 1.29 is 9.72 Å². The molecule has 1 amide bonds. The summed E-state index contributed by atoms with van der Waals surface area (Å²) < 4.78 is 0.982. The fourth-order valence-electron chi connectivity index (χ4n) is 2.13. The Morgan fingerprint density at radius 1 is 1.33 bits per heavy atom. The lowest BCUT2D eigenvalue weighted by Crippen LogP contribution is -2.30. The smallest absolute Gasteiger partial charge is 0.271 e. The number of carbonyl (C=O) groups is 1. The Hall–Kier alpha value is -1.96. The highest BCUT2D eigenvalue weighted by Gasteiger charge is 2.13. The fourth-order valence-corrected chi connectivity index (χ4v) is 2.76. The van der Waals surface area contributed by atoms with Crippen molar-refractivity contribution in [2.45, 2.75) is 6.54 Å². The van der Waals surface area contributed by atoms with Crippen LogP contribution < -0.4 is 5.32 Å². The number of nitrogens with one attached hydrogen (secondary N) is 1. The summed E-state index contributed by atoms with van der Waals surface area (Å²) in [6, 6.07) is 11.7. The number of hydrogen-bond donors (Lipinski definition) is 1. The Morgan fingerprint density at radius 3 is 2.67 bits per heavy atom. The van der Waals surface area contributed by atoms with Crippen molar-refractivity contribution in [1.82, 2.24) is 4.90 Å². The number of non-ortho nitro benzene ring substituents is 1. The van der Waals surface area contributed by atoms with Gasteiger partial charge in [0.05, 0.1) is 22.2 Å². The van der Waals surface area contributed by atoms with Gasteiger partial charge in [-0.05, 0) is 24.7 Å². The van der Waals surface area contributed by atoms with Gasteiger partial charge in [-0.15, -0.1) is 0 Å². The maximum Gasteiger partial charge on any atom is 0.271 e. The van der Waals surface area contributed by atoms with Crippen LogP contribution >= 0.6 is 27.5 Å². The third-order valence-corrected chi connectivity index (χ3v) is 4.34. The first-order chi connectivity index (χ1) is 11.4. The van der Waals surface area contributed by atoms with Crippen LogP contribution in [0.15, 0.2) is 46.9 Å². The predicted molar refractivity (Wildman–Crippen MR) is 97.2 cm³/mol. The third-order valence-electron chi connectivity index (χ3n) is 3.25. The van der Waals surface area contributed by atoms with Gasteiger partial charge < -0.3 is 5.32 Å². The van der Waals surface area contributed by atoms with Crippen LogP contribution in [0.5, 0.6) is 0 Å². The molecule has 0 aliphatic rings. The molecule has 126 valence electrons. The number of rotatable bonds is 6. The molecule has 0 aromatic heterocycles. The second kappa shape index (κ2) is 8.23. The molecule has 2 rings (SSSR count). The predicted octanol–water partition coefficient (Wildman–Crippen LogP) is 4.08. The number of carbonyl (C=O) groups excluding carboxylic acids is 1. The topological polar surface area (TPSA) is 75.5 Å². The second-order valence-electron chi connectivity index (χ2n) is 5.23. The minimum absolute atomic E-state index is 0.121. The molecule has 0 heterocycles. The first-order valence-corrected chi connectivity index (χ1v) is 8.19. The Morgan fingerprint density at radius 2 is 2.04 bits per heavy atom. The van der Waals surface area contributed by atoms with Crippen molar-refractivity contribution in [2.75, 3.05) is 18.9 Å². The van der Waals surface area contributed by atoms with E-state index >= 15 is 0 Å². The molecule has 2 aromatic carbocycles. The molecule has 6 nitrogen and oxygen atoms in total. The van der Waals surface area contributed by atoms with Gasteiger partial charge in [0.1, 0.15) is 0 Å². The molecule has 1 N–H and O–H groups in total. The molecule has 0 fully saturated rings. The molecule has 0 aliphatic heterocycles. The van der Waals surface area contributed by atoms with E-state index in [0.29, 0.717) is 12.2 Å². The van der Waals surface area contributed by atoms with Crippen LogP contribution in [0.1, 0.15) is 5.56 Å². The van der Waals surface area contributed by atoms with E-state index in [-0.39, 0.29) is 23.2 Å². The van der Waals surface area contributed by atoms with Crippen molar-refractivity contribution >= 4 is 44.8 Å². The molecule has 8 heteroatoms. The standard InChI is InChI=1S/C16H15BrClN3O3/c1-20(9-11-4-2-3-5-13(11)17)10-16(22)19-15-7-6-12(21(23)24)8-14(15)18/h2-8H,9-10H2,1H3,(H,19,22). The van der Waals surface area contributed by atoms with E-state index in [9.17, 15) is 14.9 Å². The first kappa shape index (κ1) is 18.4. The Labute approximate surface area is 152 Å². The summed E-state index contributed by atoms with van der Waals surface area (Å²) in [5.41, 5.74) is 1.30. The van der Waals surface area contributed by atoms with E-state index in [4.69, 9.17) is 11.6 Å². The maximum atomic E-state index is 12.1. The molecule has 0 atom stereocenters. The minimum Gasteiger partial charge on any atom is -0.324 e. The first-order valence-electron chi connectivity index (χ1n) is 7.02. The van der Waals surface area contributed by atoms with Gasteiger partial charge in [0, 0.05) is 23.2 Å². The summed E-state index contributed by atoms with van der Waals surface area (Å²) in [6.45, 7) is 0.761. The number of likely N-dealkylation sites (N-methyl/N-ethyl adjacent to an activating group) is 1.